The Balaban J connectivity index is 1.41. The molecule has 0 radical (unpaired) electrons. The van der Waals surface area contributed by atoms with Gasteiger partial charge in [-0.25, -0.2) is 14.6 Å². The number of nitrogens with two attached hydrogens (primary N) is 1. The van der Waals surface area contributed by atoms with Crippen LogP contribution in [-0.2, 0) is 12.7 Å². The van der Waals surface area contributed by atoms with E-state index in [0.717, 1.165) is 37.6 Å². The zero-order valence-electron chi connectivity index (χ0n) is 23.0. The summed E-state index contributed by atoms with van der Waals surface area (Å²) < 4.78 is 41.8. The summed E-state index contributed by atoms with van der Waals surface area (Å²) in [6, 6.07) is 8.65. The summed E-state index contributed by atoms with van der Waals surface area (Å²) in [5.74, 6) is 6.33. The second-order valence-corrected chi connectivity index (χ2v) is 10.5. The van der Waals surface area contributed by atoms with Crippen LogP contribution in [0.1, 0.15) is 51.1 Å². The number of nitrogens with one attached hydrogen (secondary N) is 1. The van der Waals surface area contributed by atoms with Crippen molar-refractivity contribution in [2.75, 3.05) is 31.2 Å². The van der Waals surface area contributed by atoms with Crippen LogP contribution in [0.3, 0.4) is 0 Å². The van der Waals surface area contributed by atoms with Gasteiger partial charge in [0.1, 0.15) is 17.8 Å². The van der Waals surface area contributed by atoms with Crippen molar-refractivity contribution in [2.24, 2.45) is 5.92 Å². The van der Waals surface area contributed by atoms with E-state index in [-0.39, 0.29) is 11.1 Å². The maximum Gasteiger partial charge on any atom is 0.416 e. The number of rotatable bonds is 4. The van der Waals surface area contributed by atoms with Gasteiger partial charge in [0.2, 0.25) is 0 Å². The van der Waals surface area contributed by atoms with E-state index in [9.17, 15) is 18.0 Å². The molecule has 4 aromatic rings. The lowest BCUT2D eigenvalue weighted by atomic mass is 9.97. The van der Waals surface area contributed by atoms with Crippen LogP contribution in [0.2, 0.25) is 0 Å². The highest BCUT2D eigenvalue weighted by Crippen LogP contribution is 2.32. The predicted molar refractivity (Wildman–Crippen MR) is 151 cm³/mol. The fraction of sp³-hybridized carbons (Fsp3) is 0.333. The van der Waals surface area contributed by atoms with Crippen LogP contribution >= 0.6 is 0 Å². The SMILES string of the molecule is Cc1ccc(NC(=O)c2ccc(C)c(C(F)(F)F)c2)cc1C#Cc1nn(CC2CCN(C)CC2)c2ncnc(N)c12. The third-order valence-electron chi connectivity index (χ3n) is 7.44. The van der Waals surface area contributed by atoms with Crippen molar-refractivity contribution < 1.29 is 18.0 Å². The Hall–Kier alpha value is -4.43. The molecular formula is C30H30F3N7O. The lowest BCUT2D eigenvalue weighted by Gasteiger charge is -2.28. The molecular weight excluding hydrogens is 531 g/mol. The Labute approximate surface area is 235 Å². The van der Waals surface area contributed by atoms with Crippen molar-refractivity contribution in [1.82, 2.24) is 24.6 Å². The normalized spacial score (nSPS) is 14.6. The van der Waals surface area contributed by atoms with E-state index < -0.39 is 17.6 Å². The van der Waals surface area contributed by atoms with Crippen molar-refractivity contribution in [3.63, 3.8) is 0 Å². The lowest BCUT2D eigenvalue weighted by Crippen LogP contribution is -2.32. The highest BCUT2D eigenvalue weighted by Gasteiger charge is 2.33. The number of hydrogen-bond acceptors (Lipinski definition) is 6. The van der Waals surface area contributed by atoms with Gasteiger partial charge < -0.3 is 16.0 Å². The number of likely N-dealkylation sites (tertiary alicyclic amines) is 1. The summed E-state index contributed by atoms with van der Waals surface area (Å²) >= 11 is 0. The van der Waals surface area contributed by atoms with E-state index in [0.29, 0.717) is 46.3 Å². The van der Waals surface area contributed by atoms with Crippen LogP contribution < -0.4 is 11.1 Å². The molecule has 0 saturated carbocycles. The number of nitrogens with zero attached hydrogens (tertiary/aromatic N) is 5. The molecule has 2 aromatic heterocycles. The van der Waals surface area contributed by atoms with Crippen LogP contribution in [0, 0.1) is 31.6 Å². The fourth-order valence-corrected chi connectivity index (χ4v) is 4.97. The number of carbonyl (C=O) groups excluding carboxylic acids is 1. The second kappa shape index (κ2) is 11.2. The van der Waals surface area contributed by atoms with E-state index in [4.69, 9.17) is 10.8 Å². The molecule has 1 aliphatic rings. The number of carbonyl (C=O) groups is 1. The molecule has 5 rings (SSSR count). The first-order chi connectivity index (χ1) is 19.5. The minimum absolute atomic E-state index is 0.0503. The molecule has 1 aliphatic heterocycles. The number of alkyl halides is 3. The van der Waals surface area contributed by atoms with Gasteiger partial charge in [0.15, 0.2) is 5.65 Å². The maximum absolute atomic E-state index is 13.3. The topological polar surface area (TPSA) is 102 Å². The molecule has 0 bridgehead atoms. The number of nitrogen functional groups attached to an aromatic ring is 1. The van der Waals surface area contributed by atoms with Gasteiger partial charge in [-0.15, -0.1) is 0 Å². The van der Waals surface area contributed by atoms with Crippen molar-refractivity contribution in [3.8, 4) is 11.8 Å². The number of fused-ring (bicyclic) bond motifs is 1. The first kappa shape index (κ1) is 28.1. The lowest BCUT2D eigenvalue weighted by molar-refractivity contribution is -0.138. The van der Waals surface area contributed by atoms with Crippen LogP contribution in [0.5, 0.6) is 0 Å². The molecule has 212 valence electrons. The van der Waals surface area contributed by atoms with Crippen LogP contribution in [-0.4, -0.2) is 50.7 Å². The second-order valence-electron chi connectivity index (χ2n) is 10.5. The predicted octanol–water partition coefficient (Wildman–Crippen LogP) is 5.04. The number of aromatic nitrogens is 4. The number of piperidine rings is 1. The number of aryl methyl sites for hydroxylation is 2. The number of halogens is 3. The van der Waals surface area contributed by atoms with Gasteiger partial charge in [-0.3, -0.25) is 4.79 Å². The molecule has 0 spiro atoms. The van der Waals surface area contributed by atoms with Crippen LogP contribution in [0.25, 0.3) is 11.0 Å². The Morgan fingerprint density at radius 3 is 2.54 bits per heavy atom. The molecule has 8 nitrogen and oxygen atoms in total. The van der Waals surface area contributed by atoms with Crippen molar-refractivity contribution in [3.05, 3.63) is 76.2 Å². The Kier molecular flexibility index (Phi) is 7.69. The molecule has 41 heavy (non-hydrogen) atoms. The molecule has 2 aromatic carbocycles. The summed E-state index contributed by atoms with van der Waals surface area (Å²) in [6.07, 6.45) is -0.996. The van der Waals surface area contributed by atoms with E-state index >= 15 is 0 Å². The minimum atomic E-state index is -4.55. The van der Waals surface area contributed by atoms with Crippen LogP contribution in [0.15, 0.2) is 42.7 Å². The largest absolute Gasteiger partial charge is 0.416 e. The molecule has 11 heteroatoms. The van der Waals surface area contributed by atoms with Gasteiger partial charge in [-0.1, -0.05) is 18.1 Å². The van der Waals surface area contributed by atoms with Crippen LogP contribution in [0.4, 0.5) is 24.7 Å². The number of hydrogen-bond donors (Lipinski definition) is 2. The smallest absolute Gasteiger partial charge is 0.383 e. The van der Waals surface area contributed by atoms with Gasteiger partial charge in [0, 0.05) is 23.4 Å². The number of amides is 1. The van der Waals surface area contributed by atoms with Crippen molar-refractivity contribution in [2.45, 2.75) is 39.4 Å². The number of anilines is 2. The van der Waals surface area contributed by atoms with E-state index in [2.05, 4.69) is 39.1 Å². The average Bonchev–Trinajstić information content (AvgIpc) is 3.28. The van der Waals surface area contributed by atoms with Gasteiger partial charge in [-0.2, -0.15) is 18.3 Å². The van der Waals surface area contributed by atoms with Gasteiger partial charge in [0.05, 0.1) is 10.9 Å². The summed E-state index contributed by atoms with van der Waals surface area (Å²) in [6.45, 7) is 6.01. The van der Waals surface area contributed by atoms with Crippen molar-refractivity contribution in [1.29, 1.82) is 0 Å². The van der Waals surface area contributed by atoms with E-state index in [1.807, 2.05) is 11.6 Å². The highest BCUT2D eigenvalue weighted by molar-refractivity contribution is 6.04. The first-order valence-corrected chi connectivity index (χ1v) is 13.3. The standard InChI is InChI=1S/C30H30F3N7O/c1-18-5-8-23(37-29(41)22-6-4-19(2)24(15-22)30(31,32)33)14-21(18)7-9-25-26-27(34)35-17-36-28(26)40(38-25)16-20-10-12-39(3)13-11-20/h4-6,8,14-15,17,20H,10-13,16H2,1-3H3,(H,37,41)(H2,34,35,36). The Morgan fingerprint density at radius 2 is 1.80 bits per heavy atom. The third-order valence-corrected chi connectivity index (χ3v) is 7.44. The maximum atomic E-state index is 13.3. The molecule has 1 saturated heterocycles. The monoisotopic (exact) mass is 561 g/mol. The Bertz CT molecular complexity index is 1680. The molecule has 3 N–H and O–H groups in total. The van der Waals surface area contributed by atoms with E-state index in [1.165, 1.54) is 25.4 Å². The third kappa shape index (κ3) is 6.18. The van der Waals surface area contributed by atoms with E-state index in [1.54, 1.807) is 18.2 Å². The zero-order valence-corrected chi connectivity index (χ0v) is 23.0. The summed E-state index contributed by atoms with van der Waals surface area (Å²) in [5, 5.41) is 8.01. The Morgan fingerprint density at radius 1 is 1.07 bits per heavy atom. The summed E-state index contributed by atoms with van der Waals surface area (Å²) in [4.78, 5) is 23.7. The first-order valence-electron chi connectivity index (χ1n) is 13.3. The van der Waals surface area contributed by atoms with Gasteiger partial charge >= 0.3 is 6.18 Å². The minimum Gasteiger partial charge on any atom is -0.383 e. The molecule has 0 atom stereocenters. The summed E-state index contributed by atoms with van der Waals surface area (Å²) in [5.41, 5.74) is 8.29. The molecule has 0 aliphatic carbocycles. The molecule has 0 unspecified atom stereocenters. The molecule has 3 heterocycles. The zero-order chi connectivity index (χ0) is 29.3. The summed E-state index contributed by atoms with van der Waals surface area (Å²) in [7, 11) is 2.12. The quantitative estimate of drug-likeness (QED) is 0.339. The highest BCUT2D eigenvalue weighted by atomic mass is 19.4. The molecule has 1 amide bonds. The molecule has 1 fully saturated rings. The van der Waals surface area contributed by atoms with Gasteiger partial charge in [0.25, 0.3) is 5.91 Å². The van der Waals surface area contributed by atoms with Gasteiger partial charge in [-0.05, 0) is 94.1 Å². The van der Waals surface area contributed by atoms with Crippen molar-refractivity contribution >= 4 is 28.4 Å². The number of benzene rings is 2. The average molecular weight is 562 g/mol. The fourth-order valence-electron chi connectivity index (χ4n) is 4.97.